The van der Waals surface area contributed by atoms with Gasteiger partial charge in [0, 0.05) is 24.1 Å². The minimum Gasteiger partial charge on any atom is -0.465 e. The van der Waals surface area contributed by atoms with E-state index in [0.29, 0.717) is 45.3 Å². The zero-order chi connectivity index (χ0) is 32.2. The molecule has 4 rings (SSSR count). The fourth-order valence-electron chi connectivity index (χ4n) is 5.83. The first kappa shape index (κ1) is 33.0. The molecule has 0 amide bonds. The number of hydrogen-bond donors (Lipinski definition) is 1. The highest BCUT2D eigenvalue weighted by molar-refractivity contribution is 7.85. The summed E-state index contributed by atoms with van der Waals surface area (Å²) in [5.41, 5.74) is 4.57. The molecule has 1 heterocycles. The number of nitrogens with zero attached hydrogens (tertiary/aromatic N) is 2. The van der Waals surface area contributed by atoms with E-state index in [2.05, 4.69) is 27.1 Å². The molecule has 10 heteroatoms. The van der Waals surface area contributed by atoms with Gasteiger partial charge in [-0.05, 0) is 61.7 Å². The van der Waals surface area contributed by atoms with E-state index in [-0.39, 0.29) is 12.2 Å². The van der Waals surface area contributed by atoms with Crippen LogP contribution in [0.5, 0.6) is 5.75 Å². The van der Waals surface area contributed by atoms with Gasteiger partial charge in [0.25, 0.3) is 10.1 Å². The lowest BCUT2D eigenvalue weighted by Crippen LogP contribution is -2.40. The van der Waals surface area contributed by atoms with E-state index in [1.807, 2.05) is 41.0 Å². The molecule has 0 unspecified atom stereocenters. The normalized spacial score (nSPS) is 12.1. The van der Waals surface area contributed by atoms with Crippen molar-refractivity contribution in [2.45, 2.75) is 53.1 Å². The van der Waals surface area contributed by atoms with Crippen LogP contribution in [0.1, 0.15) is 63.6 Å². The Bertz CT molecular complexity index is 1810. The first-order valence-electron chi connectivity index (χ1n) is 14.8. The number of esters is 2. The van der Waals surface area contributed by atoms with Crippen molar-refractivity contribution in [3.8, 4) is 5.75 Å². The van der Waals surface area contributed by atoms with Gasteiger partial charge in [0.2, 0.25) is 11.0 Å². The molecule has 0 aliphatic carbocycles. The van der Waals surface area contributed by atoms with Crippen molar-refractivity contribution >= 4 is 43.9 Å². The Balaban J connectivity index is 1.90. The lowest BCUT2D eigenvalue weighted by atomic mass is 9.99. The maximum absolute atomic E-state index is 14.2. The second-order valence-electron chi connectivity index (χ2n) is 12.0. The van der Waals surface area contributed by atoms with Gasteiger partial charge in [-0.15, -0.1) is 0 Å². The van der Waals surface area contributed by atoms with Crippen molar-refractivity contribution in [2.24, 2.45) is 0 Å². The van der Waals surface area contributed by atoms with Gasteiger partial charge < -0.3 is 14.0 Å². The van der Waals surface area contributed by atoms with E-state index in [1.165, 1.54) is 7.11 Å². The van der Waals surface area contributed by atoms with Crippen molar-refractivity contribution in [3.05, 3.63) is 82.4 Å². The standard InChI is InChI=1S/C34H41N2O7S/c1-7-8-17-36(4,5)22-25-14-15-30-28(21-25)31(27-12-9-10-13-29(27)35(30)16-11-18-44(39,40)41)34(38)43-32-23(2)19-26(20-24(32)3)33(37)42-6/h9-10,12-15,19-21H,7-8,11,16-18,22H2,1-6H3/q+1/p+1. The summed E-state index contributed by atoms with van der Waals surface area (Å²) in [6.45, 7) is 7.81. The lowest BCUT2D eigenvalue weighted by molar-refractivity contribution is -0.903. The van der Waals surface area contributed by atoms with Gasteiger partial charge in [-0.25, -0.2) is 9.59 Å². The summed E-state index contributed by atoms with van der Waals surface area (Å²) in [6, 6.07) is 16.8. The number of hydrogen-bond acceptors (Lipinski definition) is 6. The number of pyridine rings is 1. The number of methoxy groups -OCH3 is 1. The molecule has 1 aromatic heterocycles. The molecule has 0 saturated heterocycles. The molecule has 234 valence electrons. The van der Waals surface area contributed by atoms with Crippen LogP contribution in [-0.2, 0) is 27.9 Å². The van der Waals surface area contributed by atoms with Gasteiger partial charge >= 0.3 is 11.9 Å². The Morgan fingerprint density at radius 1 is 0.909 bits per heavy atom. The number of ether oxygens (including phenoxy) is 2. The molecular formula is C34H42N2O7S+2. The number of fused-ring (bicyclic) bond motifs is 2. The highest BCUT2D eigenvalue weighted by Gasteiger charge is 2.28. The number of para-hydroxylation sites is 1. The number of aromatic nitrogens is 1. The molecule has 0 fully saturated rings. The molecule has 0 aliphatic heterocycles. The van der Waals surface area contributed by atoms with Gasteiger partial charge in [-0.3, -0.25) is 4.55 Å². The average Bonchev–Trinajstić information content (AvgIpc) is 2.96. The summed E-state index contributed by atoms with van der Waals surface area (Å²) in [5, 5.41) is 1.35. The van der Waals surface area contributed by atoms with Crippen molar-refractivity contribution < 1.29 is 41.1 Å². The number of carbonyl (C=O) groups is 2. The van der Waals surface area contributed by atoms with Crippen LogP contribution < -0.4 is 9.30 Å². The van der Waals surface area contributed by atoms with Crippen molar-refractivity contribution in [1.29, 1.82) is 0 Å². The van der Waals surface area contributed by atoms with Crippen LogP contribution >= 0.6 is 0 Å². The summed E-state index contributed by atoms with van der Waals surface area (Å²) >= 11 is 0. The maximum Gasteiger partial charge on any atom is 0.345 e. The Labute approximate surface area is 259 Å². The molecule has 9 nitrogen and oxygen atoms in total. The fourth-order valence-corrected chi connectivity index (χ4v) is 6.32. The van der Waals surface area contributed by atoms with Crippen molar-refractivity contribution in [3.63, 3.8) is 0 Å². The largest absolute Gasteiger partial charge is 0.465 e. The minimum absolute atomic E-state index is 0.194. The molecule has 44 heavy (non-hydrogen) atoms. The Morgan fingerprint density at radius 2 is 1.57 bits per heavy atom. The average molecular weight is 623 g/mol. The molecule has 4 aromatic rings. The molecule has 0 radical (unpaired) electrons. The van der Waals surface area contributed by atoms with Crippen LogP contribution in [-0.4, -0.2) is 62.9 Å². The molecule has 1 N–H and O–H groups in total. The van der Waals surface area contributed by atoms with Gasteiger partial charge in [0.15, 0.2) is 6.54 Å². The molecule has 0 spiro atoms. The summed E-state index contributed by atoms with van der Waals surface area (Å²) in [5.74, 6) is -1.01. The van der Waals surface area contributed by atoms with E-state index in [9.17, 15) is 22.6 Å². The predicted molar refractivity (Wildman–Crippen MR) is 170 cm³/mol. The first-order chi connectivity index (χ1) is 20.7. The lowest BCUT2D eigenvalue weighted by Gasteiger charge is -2.30. The molecule has 0 atom stereocenters. The van der Waals surface area contributed by atoms with Gasteiger partial charge in [0.05, 0.1) is 55.4 Å². The second kappa shape index (κ2) is 13.4. The van der Waals surface area contributed by atoms with Crippen molar-refractivity contribution in [1.82, 2.24) is 0 Å². The Hall–Kier alpha value is -3.86. The SMILES string of the molecule is CCCC[N+](C)(C)Cc1ccc2c(c1)c(C(=O)Oc1c(C)cc(C(=O)OC)cc1C)c1ccccc1[n+]2CCCS(=O)(=O)O. The monoisotopic (exact) mass is 622 g/mol. The second-order valence-corrected chi connectivity index (χ2v) is 13.6. The van der Waals surface area contributed by atoms with E-state index in [0.717, 1.165) is 47.0 Å². The number of carbonyl (C=O) groups excluding carboxylic acids is 2. The van der Waals surface area contributed by atoms with Gasteiger partial charge in [0.1, 0.15) is 12.3 Å². The quantitative estimate of drug-likeness (QED) is 0.0550. The minimum atomic E-state index is -4.13. The van der Waals surface area contributed by atoms with Crippen LogP contribution in [0.25, 0.3) is 21.8 Å². The smallest absolute Gasteiger partial charge is 0.345 e. The first-order valence-corrected chi connectivity index (χ1v) is 16.4. The van der Waals surface area contributed by atoms with E-state index in [1.54, 1.807) is 26.0 Å². The Morgan fingerprint density at radius 3 is 2.20 bits per heavy atom. The van der Waals surface area contributed by atoms with Gasteiger partial charge in [-0.2, -0.15) is 13.0 Å². The predicted octanol–water partition coefficient (Wildman–Crippen LogP) is 5.56. The highest BCUT2D eigenvalue weighted by atomic mass is 32.2. The number of aryl methyl sites for hydroxylation is 3. The summed E-state index contributed by atoms with van der Waals surface area (Å²) in [4.78, 5) is 26.3. The van der Waals surface area contributed by atoms with E-state index < -0.39 is 22.1 Å². The van der Waals surface area contributed by atoms with Crippen LogP contribution in [0.2, 0.25) is 0 Å². The highest BCUT2D eigenvalue weighted by Crippen LogP contribution is 2.31. The van der Waals surface area contributed by atoms with Crippen LogP contribution in [0.3, 0.4) is 0 Å². The van der Waals surface area contributed by atoms with E-state index >= 15 is 0 Å². The number of benzene rings is 3. The summed E-state index contributed by atoms with van der Waals surface area (Å²) in [6.07, 6.45) is 2.40. The topological polar surface area (TPSA) is 111 Å². The van der Waals surface area contributed by atoms with Crippen LogP contribution in [0.4, 0.5) is 0 Å². The zero-order valence-electron chi connectivity index (χ0n) is 26.3. The Kier molecular flexibility index (Phi) is 10.1. The third-order valence-corrected chi connectivity index (χ3v) is 8.68. The number of rotatable bonds is 12. The van der Waals surface area contributed by atoms with E-state index in [4.69, 9.17) is 9.47 Å². The molecule has 0 bridgehead atoms. The third-order valence-electron chi connectivity index (χ3n) is 7.88. The number of unbranched alkanes of at least 4 members (excludes halogenated alkanes) is 1. The van der Waals surface area contributed by atoms with Gasteiger partial charge in [-0.1, -0.05) is 25.5 Å². The maximum atomic E-state index is 14.2. The number of quaternary nitrogens is 1. The molecule has 0 aliphatic rings. The molecule has 0 saturated carbocycles. The summed E-state index contributed by atoms with van der Waals surface area (Å²) in [7, 11) is 1.57. The fraction of sp³-hybridized carbons (Fsp3) is 0.382. The molecular weight excluding hydrogens is 580 g/mol. The van der Waals surface area contributed by atoms with Crippen molar-refractivity contribution in [2.75, 3.05) is 33.5 Å². The molecule has 3 aromatic carbocycles. The summed E-state index contributed by atoms with van der Waals surface area (Å²) < 4.78 is 46.1. The zero-order valence-corrected chi connectivity index (χ0v) is 27.2. The van der Waals surface area contributed by atoms with Crippen LogP contribution in [0, 0.1) is 13.8 Å². The van der Waals surface area contributed by atoms with Crippen LogP contribution in [0.15, 0.2) is 54.6 Å². The third kappa shape index (κ3) is 7.61.